The zero-order chi connectivity index (χ0) is 12.1. The zero-order valence-corrected chi connectivity index (χ0v) is 11.4. The van der Waals surface area contributed by atoms with Crippen LogP contribution in [0.3, 0.4) is 0 Å². The Morgan fingerprint density at radius 1 is 1.00 bits per heavy atom. The van der Waals surface area contributed by atoms with Crippen molar-refractivity contribution in [3.63, 3.8) is 0 Å². The maximum Gasteiger partial charge on any atom is 0.0724 e. The smallest absolute Gasteiger partial charge is 0.0724 e. The fourth-order valence-corrected chi connectivity index (χ4v) is 2.15. The maximum absolute atomic E-state index is 5.71. The highest BCUT2D eigenvalue weighted by Crippen LogP contribution is 2.17. The normalized spacial score (nSPS) is 10.5. The van der Waals surface area contributed by atoms with Gasteiger partial charge in [0.25, 0.3) is 0 Å². The minimum absolute atomic E-state index is 0.661. The molecule has 2 aromatic rings. The third-order valence-corrected chi connectivity index (χ3v) is 3.17. The van der Waals surface area contributed by atoms with E-state index >= 15 is 0 Å². The van der Waals surface area contributed by atoms with Crippen LogP contribution in [0.4, 0.5) is 0 Å². The standard InChI is InChI=1S/C15H15BrO/c1-12-9-15(16)8-7-14(12)11-17-10-13-5-3-2-4-6-13/h2-9H,10-11H2,1H3. The molecule has 1 nitrogen and oxygen atoms in total. The van der Waals surface area contributed by atoms with E-state index in [0.717, 1.165) is 4.47 Å². The van der Waals surface area contributed by atoms with Crippen molar-refractivity contribution in [2.45, 2.75) is 20.1 Å². The van der Waals surface area contributed by atoms with Crippen LogP contribution in [0.15, 0.2) is 53.0 Å². The van der Waals surface area contributed by atoms with Gasteiger partial charge in [-0.15, -0.1) is 0 Å². The molecule has 0 radical (unpaired) electrons. The van der Waals surface area contributed by atoms with Gasteiger partial charge in [0.1, 0.15) is 0 Å². The summed E-state index contributed by atoms with van der Waals surface area (Å²) >= 11 is 3.46. The van der Waals surface area contributed by atoms with Crippen LogP contribution < -0.4 is 0 Å². The van der Waals surface area contributed by atoms with Crippen molar-refractivity contribution in [3.8, 4) is 0 Å². The van der Waals surface area contributed by atoms with Gasteiger partial charge >= 0.3 is 0 Å². The molecule has 17 heavy (non-hydrogen) atoms. The van der Waals surface area contributed by atoms with E-state index in [-0.39, 0.29) is 0 Å². The van der Waals surface area contributed by atoms with Gasteiger partial charge in [0.05, 0.1) is 13.2 Å². The van der Waals surface area contributed by atoms with E-state index in [4.69, 9.17) is 4.74 Å². The van der Waals surface area contributed by atoms with Crippen molar-refractivity contribution in [1.29, 1.82) is 0 Å². The summed E-state index contributed by atoms with van der Waals surface area (Å²) in [5.41, 5.74) is 3.71. The summed E-state index contributed by atoms with van der Waals surface area (Å²) in [6.45, 7) is 3.43. The molecule has 0 aliphatic rings. The van der Waals surface area contributed by atoms with Gasteiger partial charge < -0.3 is 4.74 Å². The predicted molar refractivity (Wildman–Crippen MR) is 73.8 cm³/mol. The first-order valence-corrected chi connectivity index (χ1v) is 6.42. The molecule has 88 valence electrons. The molecular formula is C15H15BrO. The van der Waals surface area contributed by atoms with Gasteiger partial charge in [0.2, 0.25) is 0 Å². The van der Waals surface area contributed by atoms with E-state index in [1.807, 2.05) is 24.3 Å². The van der Waals surface area contributed by atoms with E-state index in [0.29, 0.717) is 13.2 Å². The average Bonchev–Trinajstić information content (AvgIpc) is 2.33. The molecule has 2 heteroatoms. The Labute approximate surface area is 111 Å². The summed E-state index contributed by atoms with van der Waals surface area (Å²) < 4.78 is 6.82. The molecule has 0 bridgehead atoms. The molecule has 0 spiro atoms. The molecule has 2 aromatic carbocycles. The number of benzene rings is 2. The molecule has 0 aromatic heterocycles. The minimum Gasteiger partial charge on any atom is -0.372 e. The van der Waals surface area contributed by atoms with E-state index in [1.165, 1.54) is 16.7 Å². The van der Waals surface area contributed by atoms with E-state index in [1.54, 1.807) is 0 Å². The van der Waals surface area contributed by atoms with Crippen LogP contribution in [0.2, 0.25) is 0 Å². The first kappa shape index (κ1) is 12.3. The van der Waals surface area contributed by atoms with Crippen LogP contribution in [-0.2, 0) is 18.0 Å². The number of hydrogen-bond acceptors (Lipinski definition) is 1. The number of aryl methyl sites for hydroxylation is 1. The molecule has 0 atom stereocenters. The molecule has 0 aliphatic carbocycles. The topological polar surface area (TPSA) is 9.23 Å². The first-order valence-electron chi connectivity index (χ1n) is 5.62. The van der Waals surface area contributed by atoms with Crippen molar-refractivity contribution < 1.29 is 4.74 Å². The van der Waals surface area contributed by atoms with Crippen molar-refractivity contribution in [1.82, 2.24) is 0 Å². The highest BCUT2D eigenvalue weighted by atomic mass is 79.9. The van der Waals surface area contributed by atoms with E-state index < -0.39 is 0 Å². The number of ether oxygens (including phenoxy) is 1. The lowest BCUT2D eigenvalue weighted by Crippen LogP contribution is -1.96. The molecule has 0 aliphatic heterocycles. The van der Waals surface area contributed by atoms with Crippen LogP contribution in [-0.4, -0.2) is 0 Å². The Kier molecular flexibility index (Phi) is 4.35. The van der Waals surface area contributed by atoms with E-state index in [9.17, 15) is 0 Å². The van der Waals surface area contributed by atoms with Gasteiger partial charge in [-0.2, -0.15) is 0 Å². The fraction of sp³-hybridized carbons (Fsp3) is 0.200. The number of rotatable bonds is 4. The fourth-order valence-electron chi connectivity index (χ4n) is 1.67. The highest BCUT2D eigenvalue weighted by molar-refractivity contribution is 9.10. The minimum atomic E-state index is 0.661. The van der Waals surface area contributed by atoms with Crippen LogP contribution >= 0.6 is 15.9 Å². The summed E-state index contributed by atoms with van der Waals surface area (Å²) in [6, 6.07) is 16.5. The quantitative estimate of drug-likeness (QED) is 0.807. The third-order valence-electron chi connectivity index (χ3n) is 2.67. The van der Waals surface area contributed by atoms with Gasteiger partial charge in [-0.05, 0) is 35.7 Å². The second-order valence-corrected chi connectivity index (χ2v) is 4.96. The highest BCUT2D eigenvalue weighted by Gasteiger charge is 1.99. The molecular weight excluding hydrogens is 276 g/mol. The lowest BCUT2D eigenvalue weighted by atomic mass is 10.1. The SMILES string of the molecule is Cc1cc(Br)ccc1COCc1ccccc1. The molecule has 0 unspecified atom stereocenters. The maximum atomic E-state index is 5.71. The Hall–Kier alpha value is -1.12. The molecule has 0 amide bonds. The number of halogens is 1. The summed E-state index contributed by atoms with van der Waals surface area (Å²) in [5, 5.41) is 0. The third kappa shape index (κ3) is 3.69. The molecule has 0 heterocycles. The van der Waals surface area contributed by atoms with Crippen molar-refractivity contribution in [2.75, 3.05) is 0 Å². The van der Waals surface area contributed by atoms with Crippen molar-refractivity contribution in [2.24, 2.45) is 0 Å². The summed E-state index contributed by atoms with van der Waals surface area (Å²) in [7, 11) is 0. The largest absolute Gasteiger partial charge is 0.372 e. The molecule has 0 fully saturated rings. The molecule has 0 N–H and O–H groups in total. The van der Waals surface area contributed by atoms with Crippen molar-refractivity contribution >= 4 is 15.9 Å². The first-order chi connectivity index (χ1) is 8.25. The van der Waals surface area contributed by atoms with E-state index in [2.05, 4.69) is 47.1 Å². The second-order valence-electron chi connectivity index (χ2n) is 4.05. The molecule has 2 rings (SSSR count). The Bertz CT molecular complexity index is 480. The summed E-state index contributed by atoms with van der Waals surface area (Å²) in [5.74, 6) is 0. The average molecular weight is 291 g/mol. The second kappa shape index (κ2) is 5.99. The molecule has 0 saturated carbocycles. The van der Waals surface area contributed by atoms with Gasteiger partial charge in [0.15, 0.2) is 0 Å². The lowest BCUT2D eigenvalue weighted by Gasteiger charge is -2.07. The van der Waals surface area contributed by atoms with Crippen LogP contribution in [0.25, 0.3) is 0 Å². The van der Waals surface area contributed by atoms with Crippen LogP contribution in [0.5, 0.6) is 0 Å². The van der Waals surface area contributed by atoms with Gasteiger partial charge in [0, 0.05) is 4.47 Å². The summed E-state index contributed by atoms with van der Waals surface area (Å²) in [6.07, 6.45) is 0. The van der Waals surface area contributed by atoms with Gasteiger partial charge in [-0.1, -0.05) is 52.3 Å². The zero-order valence-electron chi connectivity index (χ0n) is 9.82. The molecule has 0 saturated heterocycles. The Morgan fingerprint density at radius 2 is 1.76 bits per heavy atom. The van der Waals surface area contributed by atoms with Crippen LogP contribution in [0, 0.1) is 6.92 Å². The Morgan fingerprint density at radius 3 is 2.47 bits per heavy atom. The lowest BCUT2D eigenvalue weighted by molar-refractivity contribution is 0.107. The Balaban J connectivity index is 1.90. The van der Waals surface area contributed by atoms with Crippen LogP contribution in [0.1, 0.15) is 16.7 Å². The van der Waals surface area contributed by atoms with Gasteiger partial charge in [-0.3, -0.25) is 0 Å². The number of hydrogen-bond donors (Lipinski definition) is 0. The van der Waals surface area contributed by atoms with Crippen molar-refractivity contribution in [3.05, 3.63) is 69.7 Å². The predicted octanol–water partition coefficient (Wildman–Crippen LogP) is 4.47. The monoisotopic (exact) mass is 290 g/mol. The summed E-state index contributed by atoms with van der Waals surface area (Å²) in [4.78, 5) is 0. The van der Waals surface area contributed by atoms with Gasteiger partial charge in [-0.25, -0.2) is 0 Å².